The first-order valence-electron chi connectivity index (χ1n) is 10.5. The molecule has 1 aromatic carbocycles. The van der Waals surface area contributed by atoms with Gasteiger partial charge in [-0.25, -0.2) is 9.97 Å². The van der Waals surface area contributed by atoms with Gasteiger partial charge in [0.05, 0.1) is 37.7 Å². The average Bonchev–Trinajstić information content (AvgIpc) is 3.16. The maximum atomic E-state index is 13.2. The van der Waals surface area contributed by atoms with Crippen LogP contribution in [0.4, 0.5) is 5.95 Å². The number of aromatic nitrogens is 4. The van der Waals surface area contributed by atoms with E-state index in [2.05, 4.69) is 10.1 Å². The van der Waals surface area contributed by atoms with E-state index in [4.69, 9.17) is 14.5 Å². The van der Waals surface area contributed by atoms with Gasteiger partial charge in [-0.3, -0.25) is 9.48 Å². The molecular formula is C23H28N6O3. The second-order valence-corrected chi connectivity index (χ2v) is 7.97. The second kappa shape index (κ2) is 8.96. The molecular weight excluding hydrogens is 408 g/mol. The minimum Gasteiger partial charge on any atom is -0.497 e. The third-order valence-electron chi connectivity index (χ3n) is 5.71. The molecule has 2 aromatic heterocycles. The van der Waals surface area contributed by atoms with Crippen molar-refractivity contribution in [3.63, 3.8) is 0 Å². The summed E-state index contributed by atoms with van der Waals surface area (Å²) in [5.41, 5.74) is 3.98. The molecule has 3 heterocycles. The quantitative estimate of drug-likeness (QED) is 0.607. The molecule has 1 fully saturated rings. The molecule has 9 heteroatoms. The van der Waals surface area contributed by atoms with Crippen LogP contribution in [0.5, 0.6) is 5.75 Å². The van der Waals surface area contributed by atoms with Gasteiger partial charge in [-0.15, -0.1) is 0 Å². The first-order chi connectivity index (χ1) is 15.4. The number of carbonyl (C=O) groups is 1. The van der Waals surface area contributed by atoms with Gasteiger partial charge in [0.2, 0.25) is 5.95 Å². The van der Waals surface area contributed by atoms with E-state index in [-0.39, 0.29) is 12.0 Å². The zero-order chi connectivity index (χ0) is 22.8. The summed E-state index contributed by atoms with van der Waals surface area (Å²) in [6, 6.07) is 7.76. The Labute approximate surface area is 187 Å². The summed E-state index contributed by atoms with van der Waals surface area (Å²) in [7, 11) is 7.26. The first-order valence-corrected chi connectivity index (χ1v) is 10.5. The Bertz CT molecular complexity index is 1130. The summed E-state index contributed by atoms with van der Waals surface area (Å²) in [4.78, 5) is 26.2. The largest absolute Gasteiger partial charge is 0.497 e. The normalized spacial score (nSPS) is 16.2. The van der Waals surface area contributed by atoms with Crippen molar-refractivity contribution in [1.29, 1.82) is 0 Å². The maximum Gasteiger partial charge on any atom is 0.257 e. The first kappa shape index (κ1) is 21.8. The molecule has 168 valence electrons. The Balaban J connectivity index is 1.70. The number of hydrogen-bond acceptors (Lipinski definition) is 7. The fourth-order valence-corrected chi connectivity index (χ4v) is 3.74. The van der Waals surface area contributed by atoms with Crippen LogP contribution in [0.1, 0.15) is 27.8 Å². The summed E-state index contributed by atoms with van der Waals surface area (Å²) in [6.45, 7) is 3.24. The van der Waals surface area contributed by atoms with Crippen molar-refractivity contribution in [1.82, 2.24) is 24.6 Å². The summed E-state index contributed by atoms with van der Waals surface area (Å²) in [6.07, 6.45) is 3.05. The van der Waals surface area contributed by atoms with E-state index >= 15 is 0 Å². The Morgan fingerprint density at radius 1 is 1.28 bits per heavy atom. The number of rotatable bonds is 5. The topological polar surface area (TPSA) is 85.6 Å². The third-order valence-corrected chi connectivity index (χ3v) is 5.71. The van der Waals surface area contributed by atoms with Crippen LogP contribution < -0.4 is 9.64 Å². The number of benzene rings is 1. The minimum atomic E-state index is -0.382. The van der Waals surface area contributed by atoms with Gasteiger partial charge in [0.25, 0.3) is 5.91 Å². The monoisotopic (exact) mass is 436 g/mol. The van der Waals surface area contributed by atoms with Crippen LogP contribution in [0.25, 0.3) is 11.1 Å². The maximum absolute atomic E-state index is 13.2. The van der Waals surface area contributed by atoms with Crippen LogP contribution in [-0.2, 0) is 11.8 Å². The summed E-state index contributed by atoms with van der Waals surface area (Å²) in [5, 5.41) is 4.21. The van der Waals surface area contributed by atoms with E-state index in [1.165, 1.54) is 0 Å². The number of morpholine rings is 1. The molecule has 0 saturated carbocycles. The highest BCUT2D eigenvalue weighted by molar-refractivity contribution is 5.95. The van der Waals surface area contributed by atoms with Crippen LogP contribution in [-0.4, -0.2) is 71.5 Å². The molecule has 1 aliphatic heterocycles. The van der Waals surface area contributed by atoms with Gasteiger partial charge in [-0.2, -0.15) is 5.10 Å². The molecule has 9 nitrogen and oxygen atoms in total. The van der Waals surface area contributed by atoms with Crippen molar-refractivity contribution in [2.24, 2.45) is 7.05 Å². The smallest absolute Gasteiger partial charge is 0.257 e. The SMILES string of the molecule is COc1cccc(-c2cnc(N(C)C)nc2C2CN(C(=O)c3cnn(C)c3C)CCO2)c1. The number of nitrogens with zero attached hydrogens (tertiary/aromatic N) is 6. The number of anilines is 1. The summed E-state index contributed by atoms with van der Waals surface area (Å²) >= 11 is 0. The highest BCUT2D eigenvalue weighted by atomic mass is 16.5. The van der Waals surface area contributed by atoms with Crippen molar-refractivity contribution in [2.45, 2.75) is 13.0 Å². The number of hydrogen-bond donors (Lipinski definition) is 0. The van der Waals surface area contributed by atoms with Crippen LogP contribution in [0.2, 0.25) is 0 Å². The number of ether oxygens (including phenoxy) is 2. The van der Waals surface area contributed by atoms with E-state index in [9.17, 15) is 4.79 Å². The van der Waals surface area contributed by atoms with Crippen molar-refractivity contribution in [3.05, 3.63) is 53.6 Å². The molecule has 0 spiro atoms. The second-order valence-electron chi connectivity index (χ2n) is 7.97. The molecule has 1 amide bonds. The Morgan fingerprint density at radius 2 is 2.09 bits per heavy atom. The van der Waals surface area contributed by atoms with Crippen LogP contribution in [0.15, 0.2) is 36.7 Å². The number of methoxy groups -OCH3 is 1. The number of carbonyl (C=O) groups excluding carboxylic acids is 1. The zero-order valence-electron chi connectivity index (χ0n) is 19.1. The van der Waals surface area contributed by atoms with Gasteiger partial charge in [-0.1, -0.05) is 12.1 Å². The third kappa shape index (κ3) is 4.16. The fraction of sp³-hybridized carbons (Fsp3) is 0.391. The van der Waals surface area contributed by atoms with Gasteiger partial charge in [0, 0.05) is 45.1 Å². The van der Waals surface area contributed by atoms with Crippen molar-refractivity contribution in [2.75, 3.05) is 45.8 Å². The lowest BCUT2D eigenvalue weighted by Gasteiger charge is -2.33. The highest BCUT2D eigenvalue weighted by Gasteiger charge is 2.31. The molecule has 0 N–H and O–H groups in total. The molecule has 4 rings (SSSR count). The standard InChI is InChI=1S/C23H28N6O3/c1-15-18(13-25-28(15)4)22(30)29-9-10-32-20(14-29)21-19(12-24-23(26-21)27(2)3)16-7-6-8-17(11-16)31-5/h6-8,11-13,20H,9-10,14H2,1-5H3. The van der Waals surface area contributed by atoms with Gasteiger partial charge in [0.15, 0.2) is 0 Å². The van der Waals surface area contributed by atoms with E-state index < -0.39 is 0 Å². The molecule has 1 aliphatic rings. The van der Waals surface area contributed by atoms with E-state index in [0.29, 0.717) is 31.2 Å². The Morgan fingerprint density at radius 3 is 2.78 bits per heavy atom. The van der Waals surface area contributed by atoms with Gasteiger partial charge in [0.1, 0.15) is 11.9 Å². The molecule has 0 radical (unpaired) electrons. The summed E-state index contributed by atoms with van der Waals surface area (Å²) < 4.78 is 13.2. The lowest BCUT2D eigenvalue weighted by molar-refractivity contribution is -0.0244. The molecule has 32 heavy (non-hydrogen) atoms. The predicted octanol–water partition coefficient (Wildman–Crippen LogP) is 2.47. The van der Waals surface area contributed by atoms with Gasteiger partial charge >= 0.3 is 0 Å². The van der Waals surface area contributed by atoms with Crippen LogP contribution in [0, 0.1) is 6.92 Å². The van der Waals surface area contributed by atoms with Crippen LogP contribution >= 0.6 is 0 Å². The zero-order valence-corrected chi connectivity index (χ0v) is 19.1. The molecule has 0 bridgehead atoms. The number of amides is 1. The Kier molecular flexibility index (Phi) is 6.09. The molecule has 0 aliphatic carbocycles. The molecule has 1 saturated heterocycles. The van der Waals surface area contributed by atoms with Crippen molar-refractivity contribution in [3.8, 4) is 16.9 Å². The summed E-state index contributed by atoms with van der Waals surface area (Å²) in [5.74, 6) is 1.29. The molecule has 1 atom stereocenters. The van der Waals surface area contributed by atoms with Crippen molar-refractivity contribution >= 4 is 11.9 Å². The lowest BCUT2D eigenvalue weighted by atomic mass is 10.0. The van der Waals surface area contributed by atoms with E-state index in [0.717, 1.165) is 28.3 Å². The highest BCUT2D eigenvalue weighted by Crippen LogP contribution is 2.33. The van der Waals surface area contributed by atoms with E-state index in [1.807, 2.05) is 68.3 Å². The fourth-order valence-electron chi connectivity index (χ4n) is 3.74. The molecule has 3 aromatic rings. The number of aryl methyl sites for hydroxylation is 1. The minimum absolute atomic E-state index is 0.0475. The van der Waals surface area contributed by atoms with Crippen LogP contribution in [0.3, 0.4) is 0 Å². The predicted molar refractivity (Wildman–Crippen MR) is 121 cm³/mol. The van der Waals surface area contributed by atoms with E-state index in [1.54, 1.807) is 18.0 Å². The molecule has 1 unspecified atom stereocenters. The Hall–Kier alpha value is -3.46. The van der Waals surface area contributed by atoms with Gasteiger partial charge in [-0.05, 0) is 24.6 Å². The average molecular weight is 437 g/mol. The lowest BCUT2D eigenvalue weighted by Crippen LogP contribution is -2.42. The van der Waals surface area contributed by atoms with Crippen molar-refractivity contribution < 1.29 is 14.3 Å². The van der Waals surface area contributed by atoms with Gasteiger partial charge < -0.3 is 19.3 Å².